The van der Waals surface area contributed by atoms with Crippen LogP contribution in [0.2, 0.25) is 0 Å². The number of nitrogens with zero attached hydrogens (tertiary/aromatic N) is 1. The summed E-state index contributed by atoms with van der Waals surface area (Å²) in [4.78, 5) is 2.68. The molecule has 1 saturated carbocycles. The lowest BCUT2D eigenvalue weighted by atomic mass is 9.72. The van der Waals surface area contributed by atoms with E-state index in [1.807, 2.05) is 0 Å². The minimum atomic E-state index is 0.446. The van der Waals surface area contributed by atoms with Crippen molar-refractivity contribution in [1.82, 2.24) is 10.2 Å². The van der Waals surface area contributed by atoms with E-state index >= 15 is 0 Å². The lowest BCUT2D eigenvalue weighted by Gasteiger charge is -2.48. The fraction of sp³-hybridized carbons (Fsp3) is 1.00. The Morgan fingerprint density at radius 2 is 2.17 bits per heavy atom. The molecule has 3 heteroatoms. The van der Waals surface area contributed by atoms with Gasteiger partial charge in [-0.3, -0.25) is 4.90 Å². The summed E-state index contributed by atoms with van der Waals surface area (Å²) in [6.45, 7) is 10.2. The predicted octanol–water partition coefficient (Wildman–Crippen LogP) is 2.26. The van der Waals surface area contributed by atoms with Crippen LogP contribution in [0.25, 0.3) is 0 Å². The van der Waals surface area contributed by atoms with Gasteiger partial charge in [0.2, 0.25) is 0 Å². The normalized spacial score (nSPS) is 37.7. The smallest absolute Gasteiger partial charge is 0.0700 e. The molecule has 1 saturated heterocycles. The van der Waals surface area contributed by atoms with Gasteiger partial charge in [-0.25, -0.2) is 0 Å². The molecule has 0 aromatic rings. The summed E-state index contributed by atoms with van der Waals surface area (Å²) in [6.07, 6.45) is 5.55. The first kappa shape index (κ1) is 14.3. The van der Waals surface area contributed by atoms with Crippen LogP contribution in [0.15, 0.2) is 0 Å². The molecule has 0 radical (unpaired) electrons. The van der Waals surface area contributed by atoms with Crippen LogP contribution in [0.4, 0.5) is 0 Å². The van der Waals surface area contributed by atoms with Gasteiger partial charge in [0.05, 0.1) is 12.7 Å². The zero-order valence-corrected chi connectivity index (χ0v) is 12.5. The molecule has 2 fully saturated rings. The van der Waals surface area contributed by atoms with Crippen molar-refractivity contribution in [2.24, 2.45) is 5.41 Å². The van der Waals surface area contributed by atoms with Gasteiger partial charge in [-0.2, -0.15) is 0 Å². The molecule has 0 aromatic carbocycles. The van der Waals surface area contributed by atoms with Crippen LogP contribution < -0.4 is 5.32 Å². The van der Waals surface area contributed by atoms with Gasteiger partial charge in [0, 0.05) is 25.2 Å². The van der Waals surface area contributed by atoms with Gasteiger partial charge in [-0.15, -0.1) is 0 Å². The summed E-state index contributed by atoms with van der Waals surface area (Å²) in [6, 6.07) is 1.35. The highest BCUT2D eigenvalue weighted by Crippen LogP contribution is 2.37. The maximum atomic E-state index is 5.81. The first-order valence-electron chi connectivity index (χ1n) is 7.58. The highest BCUT2D eigenvalue weighted by atomic mass is 16.5. The summed E-state index contributed by atoms with van der Waals surface area (Å²) in [5, 5.41) is 3.54. The Labute approximate surface area is 112 Å². The number of hydrogen-bond acceptors (Lipinski definition) is 3. The van der Waals surface area contributed by atoms with Gasteiger partial charge in [-0.05, 0) is 38.1 Å². The van der Waals surface area contributed by atoms with Crippen LogP contribution in [-0.2, 0) is 4.74 Å². The van der Waals surface area contributed by atoms with Crippen molar-refractivity contribution in [2.75, 3.05) is 26.7 Å². The van der Waals surface area contributed by atoms with E-state index in [2.05, 4.69) is 38.0 Å². The SMILES string of the molecule is CCC1CN(C2CC(C)(C)CCC2NC)CCO1. The standard InChI is InChI=1S/C15H30N2O/c1-5-12-11-17(8-9-18-12)14-10-15(2,3)7-6-13(14)16-4/h12-14,16H,5-11H2,1-4H3. The number of ether oxygens (including phenoxy) is 1. The lowest BCUT2D eigenvalue weighted by Crippen LogP contribution is -2.58. The number of morpholine rings is 1. The summed E-state index contributed by atoms with van der Waals surface area (Å²) in [5.74, 6) is 0. The minimum absolute atomic E-state index is 0.446. The molecule has 18 heavy (non-hydrogen) atoms. The predicted molar refractivity (Wildman–Crippen MR) is 75.9 cm³/mol. The van der Waals surface area contributed by atoms with Crippen LogP contribution in [0, 0.1) is 5.41 Å². The molecule has 3 unspecified atom stereocenters. The van der Waals surface area contributed by atoms with E-state index < -0.39 is 0 Å². The zero-order valence-electron chi connectivity index (χ0n) is 12.5. The van der Waals surface area contributed by atoms with Crippen molar-refractivity contribution >= 4 is 0 Å². The largest absolute Gasteiger partial charge is 0.376 e. The molecule has 2 rings (SSSR count). The summed E-state index contributed by atoms with van der Waals surface area (Å²) in [7, 11) is 2.12. The highest BCUT2D eigenvalue weighted by Gasteiger charge is 2.38. The topological polar surface area (TPSA) is 24.5 Å². The van der Waals surface area contributed by atoms with Gasteiger partial charge in [0.15, 0.2) is 0 Å². The van der Waals surface area contributed by atoms with Crippen molar-refractivity contribution in [3.8, 4) is 0 Å². The van der Waals surface area contributed by atoms with Gasteiger partial charge >= 0.3 is 0 Å². The van der Waals surface area contributed by atoms with Crippen molar-refractivity contribution in [2.45, 2.75) is 64.6 Å². The molecule has 0 spiro atoms. The molecule has 3 atom stereocenters. The Hall–Kier alpha value is -0.120. The second kappa shape index (κ2) is 5.89. The Morgan fingerprint density at radius 1 is 1.39 bits per heavy atom. The van der Waals surface area contributed by atoms with E-state index in [0.717, 1.165) is 26.1 Å². The third-order valence-electron chi connectivity index (χ3n) is 4.82. The Morgan fingerprint density at radius 3 is 2.83 bits per heavy atom. The molecule has 0 amide bonds. The van der Waals surface area contributed by atoms with Crippen LogP contribution in [0.1, 0.15) is 46.5 Å². The second-order valence-electron chi connectivity index (χ2n) is 6.77. The molecule has 1 N–H and O–H groups in total. The fourth-order valence-corrected chi connectivity index (χ4v) is 3.56. The van der Waals surface area contributed by atoms with Crippen molar-refractivity contribution < 1.29 is 4.74 Å². The lowest BCUT2D eigenvalue weighted by molar-refractivity contribution is -0.0625. The molecular weight excluding hydrogens is 224 g/mol. The molecule has 0 aromatic heterocycles. The molecule has 1 aliphatic carbocycles. The van der Waals surface area contributed by atoms with Gasteiger partial charge < -0.3 is 10.1 Å². The molecular formula is C15H30N2O. The first-order valence-corrected chi connectivity index (χ1v) is 7.58. The quantitative estimate of drug-likeness (QED) is 0.836. The molecule has 1 aliphatic heterocycles. The summed E-state index contributed by atoms with van der Waals surface area (Å²) in [5.41, 5.74) is 0.498. The van der Waals surface area contributed by atoms with Crippen LogP contribution in [0.3, 0.4) is 0 Å². The van der Waals surface area contributed by atoms with E-state index in [0.29, 0.717) is 23.6 Å². The van der Waals surface area contributed by atoms with Gasteiger partial charge in [0.1, 0.15) is 0 Å². The maximum absolute atomic E-state index is 5.81. The Balaban J connectivity index is 2.03. The number of hydrogen-bond donors (Lipinski definition) is 1. The maximum Gasteiger partial charge on any atom is 0.0700 e. The molecule has 0 bridgehead atoms. The van der Waals surface area contributed by atoms with Crippen molar-refractivity contribution in [3.05, 3.63) is 0 Å². The zero-order chi connectivity index (χ0) is 13.2. The molecule has 3 nitrogen and oxygen atoms in total. The average Bonchev–Trinajstić information content (AvgIpc) is 2.38. The minimum Gasteiger partial charge on any atom is -0.376 e. The van der Waals surface area contributed by atoms with Gasteiger partial charge in [0.25, 0.3) is 0 Å². The van der Waals surface area contributed by atoms with Crippen LogP contribution in [-0.4, -0.2) is 49.8 Å². The monoisotopic (exact) mass is 254 g/mol. The second-order valence-corrected chi connectivity index (χ2v) is 6.77. The van der Waals surface area contributed by atoms with E-state index in [-0.39, 0.29) is 0 Å². The Kier molecular flexibility index (Phi) is 4.68. The molecule has 2 aliphatic rings. The molecule has 1 heterocycles. The van der Waals surface area contributed by atoms with Crippen LogP contribution >= 0.6 is 0 Å². The third-order valence-corrected chi connectivity index (χ3v) is 4.82. The summed E-state index contributed by atoms with van der Waals surface area (Å²) >= 11 is 0. The van der Waals surface area contributed by atoms with Crippen LogP contribution in [0.5, 0.6) is 0 Å². The van der Waals surface area contributed by atoms with E-state index in [1.165, 1.54) is 19.3 Å². The number of nitrogens with one attached hydrogen (secondary N) is 1. The Bertz CT molecular complexity index is 267. The number of likely N-dealkylation sites (N-methyl/N-ethyl adjacent to an activating group) is 1. The van der Waals surface area contributed by atoms with E-state index in [9.17, 15) is 0 Å². The van der Waals surface area contributed by atoms with Gasteiger partial charge in [-0.1, -0.05) is 20.8 Å². The average molecular weight is 254 g/mol. The molecule has 106 valence electrons. The highest BCUT2D eigenvalue weighted by molar-refractivity contribution is 4.95. The van der Waals surface area contributed by atoms with E-state index in [4.69, 9.17) is 4.74 Å². The summed E-state index contributed by atoms with van der Waals surface area (Å²) < 4.78 is 5.81. The fourth-order valence-electron chi connectivity index (χ4n) is 3.56. The first-order chi connectivity index (χ1) is 8.55. The third kappa shape index (κ3) is 3.25. The van der Waals surface area contributed by atoms with Crippen molar-refractivity contribution in [3.63, 3.8) is 0 Å². The van der Waals surface area contributed by atoms with Crippen molar-refractivity contribution in [1.29, 1.82) is 0 Å². The van der Waals surface area contributed by atoms with E-state index in [1.54, 1.807) is 0 Å². The number of rotatable bonds is 3.